The molecule has 1 saturated heterocycles. The number of amides is 1. The average Bonchev–Trinajstić information content (AvgIpc) is 2.89. The number of benzene rings is 2. The highest BCUT2D eigenvalue weighted by Crippen LogP contribution is 2.29. The molecule has 0 radical (unpaired) electrons. The number of nitrogens with zero attached hydrogens (tertiary/aromatic N) is 1. The summed E-state index contributed by atoms with van der Waals surface area (Å²) in [6.07, 6.45) is 1.94. The van der Waals surface area contributed by atoms with Crippen molar-refractivity contribution in [3.05, 3.63) is 64.6 Å². The third-order valence-electron chi connectivity index (χ3n) is 3.34. The number of aryl methyl sites for hydroxylation is 1. The molecule has 0 spiro atoms. The molecule has 1 N–H and O–H groups in total. The standard InChI is InChI=1S/C18H16N2O2S/c1-12-3-7-14(8-4-12)19-17-16(23-18(21)20-17)11-13-5-9-15(22-2)10-6-13/h3-11H,1-2H3,(H,19,20,21)/b16-11-. The molecule has 0 atom stereocenters. The van der Waals surface area contributed by atoms with E-state index in [0.717, 1.165) is 33.7 Å². The van der Waals surface area contributed by atoms with Crippen LogP contribution in [-0.2, 0) is 0 Å². The van der Waals surface area contributed by atoms with E-state index in [1.165, 1.54) is 5.56 Å². The highest BCUT2D eigenvalue weighted by molar-refractivity contribution is 8.18. The van der Waals surface area contributed by atoms with E-state index in [2.05, 4.69) is 10.3 Å². The molecule has 2 aromatic carbocycles. The summed E-state index contributed by atoms with van der Waals surface area (Å²) in [4.78, 5) is 17.0. The summed E-state index contributed by atoms with van der Waals surface area (Å²) in [5.74, 6) is 1.38. The number of carbonyl (C=O) groups is 1. The van der Waals surface area contributed by atoms with Crippen molar-refractivity contribution in [2.75, 3.05) is 7.11 Å². The lowest BCUT2D eigenvalue weighted by Crippen LogP contribution is -2.18. The molecule has 0 bridgehead atoms. The van der Waals surface area contributed by atoms with Gasteiger partial charge in [-0.25, -0.2) is 4.99 Å². The van der Waals surface area contributed by atoms with Gasteiger partial charge in [0.25, 0.3) is 5.24 Å². The van der Waals surface area contributed by atoms with Crippen LogP contribution in [-0.4, -0.2) is 18.2 Å². The Bertz CT molecular complexity index is 778. The molecule has 23 heavy (non-hydrogen) atoms. The summed E-state index contributed by atoms with van der Waals surface area (Å²) in [7, 11) is 1.63. The highest BCUT2D eigenvalue weighted by Gasteiger charge is 2.23. The van der Waals surface area contributed by atoms with Crippen LogP contribution in [0.5, 0.6) is 5.75 Å². The van der Waals surface area contributed by atoms with Gasteiger partial charge in [-0.2, -0.15) is 0 Å². The first-order chi connectivity index (χ1) is 11.1. The van der Waals surface area contributed by atoms with Gasteiger partial charge in [0.2, 0.25) is 0 Å². The van der Waals surface area contributed by atoms with Gasteiger partial charge in [0.15, 0.2) is 0 Å². The third kappa shape index (κ3) is 3.81. The van der Waals surface area contributed by atoms with Crippen LogP contribution < -0.4 is 10.1 Å². The topological polar surface area (TPSA) is 50.7 Å². The van der Waals surface area contributed by atoms with E-state index in [4.69, 9.17) is 4.74 Å². The fraction of sp³-hybridized carbons (Fsp3) is 0.111. The summed E-state index contributed by atoms with van der Waals surface area (Å²) in [6.45, 7) is 2.03. The fourth-order valence-corrected chi connectivity index (χ4v) is 2.85. The average molecular weight is 324 g/mol. The molecule has 0 aromatic heterocycles. The minimum atomic E-state index is -0.115. The van der Waals surface area contributed by atoms with Gasteiger partial charge in [0.05, 0.1) is 17.7 Å². The van der Waals surface area contributed by atoms with E-state index >= 15 is 0 Å². The molecule has 5 heteroatoms. The van der Waals surface area contributed by atoms with Gasteiger partial charge in [-0.05, 0) is 54.6 Å². The number of amidine groups is 1. The van der Waals surface area contributed by atoms with Crippen molar-refractivity contribution < 1.29 is 9.53 Å². The Kier molecular flexibility index (Phi) is 4.48. The number of aliphatic imine (C=N–C) groups is 1. The van der Waals surface area contributed by atoms with E-state index in [9.17, 15) is 4.79 Å². The van der Waals surface area contributed by atoms with Gasteiger partial charge in [-0.3, -0.25) is 4.79 Å². The summed E-state index contributed by atoms with van der Waals surface area (Å²) in [6, 6.07) is 15.5. The van der Waals surface area contributed by atoms with Crippen LogP contribution in [0.4, 0.5) is 10.5 Å². The van der Waals surface area contributed by atoms with E-state index in [0.29, 0.717) is 5.84 Å². The van der Waals surface area contributed by atoms with Gasteiger partial charge < -0.3 is 10.1 Å². The minimum Gasteiger partial charge on any atom is -0.497 e. The second kappa shape index (κ2) is 6.71. The first-order valence-electron chi connectivity index (χ1n) is 7.14. The first kappa shape index (κ1) is 15.4. The predicted molar refractivity (Wildman–Crippen MR) is 95.4 cm³/mol. The zero-order valence-corrected chi connectivity index (χ0v) is 13.7. The maximum atomic E-state index is 11.7. The number of hydrogen-bond acceptors (Lipinski definition) is 4. The summed E-state index contributed by atoms with van der Waals surface area (Å²) >= 11 is 1.15. The Morgan fingerprint density at radius 3 is 2.43 bits per heavy atom. The van der Waals surface area contributed by atoms with Crippen LogP contribution in [0.25, 0.3) is 6.08 Å². The van der Waals surface area contributed by atoms with Crippen molar-refractivity contribution >= 4 is 34.6 Å². The molecule has 116 valence electrons. The molecule has 1 amide bonds. The quantitative estimate of drug-likeness (QED) is 0.902. The lowest BCUT2D eigenvalue weighted by molar-refractivity contribution is 0.265. The Balaban J connectivity index is 1.90. The van der Waals surface area contributed by atoms with Crippen LogP contribution in [0.3, 0.4) is 0 Å². The molecule has 1 heterocycles. The molecular weight excluding hydrogens is 308 g/mol. The zero-order valence-electron chi connectivity index (χ0n) is 12.9. The molecule has 1 aliphatic heterocycles. The predicted octanol–water partition coefficient (Wildman–Crippen LogP) is 4.53. The molecule has 2 aromatic rings. The maximum Gasteiger partial charge on any atom is 0.289 e. The van der Waals surface area contributed by atoms with Gasteiger partial charge in [-0.15, -0.1) is 0 Å². The molecule has 3 rings (SSSR count). The Hall–Kier alpha value is -2.53. The number of hydrogen-bond donors (Lipinski definition) is 1. The molecular formula is C18H16N2O2S. The van der Waals surface area contributed by atoms with Gasteiger partial charge in [-0.1, -0.05) is 29.8 Å². The number of ether oxygens (including phenoxy) is 1. The van der Waals surface area contributed by atoms with Crippen LogP contribution in [0, 0.1) is 6.92 Å². The first-order valence-corrected chi connectivity index (χ1v) is 7.96. The van der Waals surface area contributed by atoms with Crippen LogP contribution in [0.2, 0.25) is 0 Å². The number of methoxy groups -OCH3 is 1. The Morgan fingerprint density at radius 1 is 1.09 bits per heavy atom. The van der Waals surface area contributed by atoms with Crippen LogP contribution in [0.1, 0.15) is 11.1 Å². The summed E-state index contributed by atoms with van der Waals surface area (Å²) in [5, 5.41) is 2.68. The normalized spacial score (nSPS) is 17.6. The molecule has 0 saturated carbocycles. The molecule has 0 unspecified atom stereocenters. The minimum absolute atomic E-state index is 0.115. The third-order valence-corrected chi connectivity index (χ3v) is 4.16. The van der Waals surface area contributed by atoms with Crippen molar-refractivity contribution in [1.82, 2.24) is 5.32 Å². The van der Waals surface area contributed by atoms with E-state index in [1.807, 2.05) is 61.5 Å². The van der Waals surface area contributed by atoms with Gasteiger partial charge in [0.1, 0.15) is 11.6 Å². The van der Waals surface area contributed by atoms with Crippen molar-refractivity contribution in [2.24, 2.45) is 4.99 Å². The van der Waals surface area contributed by atoms with Crippen molar-refractivity contribution in [2.45, 2.75) is 6.92 Å². The molecule has 1 aliphatic rings. The Labute approximate surface area is 139 Å². The Morgan fingerprint density at radius 2 is 1.78 bits per heavy atom. The monoisotopic (exact) mass is 324 g/mol. The second-order valence-corrected chi connectivity index (χ2v) is 6.11. The SMILES string of the molecule is COc1ccc(/C=C2\SC(=O)NC2=Nc2ccc(C)cc2)cc1. The van der Waals surface area contributed by atoms with Gasteiger partial charge >= 0.3 is 0 Å². The smallest absolute Gasteiger partial charge is 0.289 e. The van der Waals surface area contributed by atoms with Crippen molar-refractivity contribution in [3.63, 3.8) is 0 Å². The maximum absolute atomic E-state index is 11.7. The van der Waals surface area contributed by atoms with E-state index < -0.39 is 0 Å². The largest absolute Gasteiger partial charge is 0.497 e. The highest BCUT2D eigenvalue weighted by atomic mass is 32.2. The number of thioether (sulfide) groups is 1. The second-order valence-electron chi connectivity index (χ2n) is 5.09. The van der Waals surface area contributed by atoms with Crippen molar-refractivity contribution in [1.29, 1.82) is 0 Å². The van der Waals surface area contributed by atoms with E-state index in [1.54, 1.807) is 7.11 Å². The number of carbonyl (C=O) groups excluding carboxylic acids is 1. The summed E-state index contributed by atoms with van der Waals surface area (Å²) < 4.78 is 5.15. The van der Waals surface area contributed by atoms with Crippen LogP contribution >= 0.6 is 11.8 Å². The molecule has 4 nitrogen and oxygen atoms in total. The number of rotatable bonds is 3. The van der Waals surface area contributed by atoms with Crippen LogP contribution in [0.15, 0.2) is 58.4 Å². The number of nitrogens with one attached hydrogen (secondary N) is 1. The zero-order chi connectivity index (χ0) is 16.2. The summed E-state index contributed by atoms with van der Waals surface area (Å²) in [5.41, 5.74) is 2.98. The van der Waals surface area contributed by atoms with E-state index in [-0.39, 0.29) is 5.24 Å². The fourth-order valence-electron chi connectivity index (χ4n) is 2.11. The molecule has 0 aliphatic carbocycles. The van der Waals surface area contributed by atoms with Gasteiger partial charge in [0, 0.05) is 0 Å². The molecule has 1 fully saturated rings. The lowest BCUT2D eigenvalue weighted by atomic mass is 10.2. The lowest BCUT2D eigenvalue weighted by Gasteiger charge is -2.02. The van der Waals surface area contributed by atoms with Crippen molar-refractivity contribution in [3.8, 4) is 5.75 Å².